The molecule has 0 heterocycles. The Morgan fingerprint density at radius 1 is 0.917 bits per heavy atom. The van der Waals surface area contributed by atoms with E-state index in [1.54, 1.807) is 13.8 Å². The standard InChI is InChI=1S/C6H14O6/c1-3-5(9-7)11-12-6(4-2)10-8/h5-8H,3-4H2,1-2H3. The summed E-state index contributed by atoms with van der Waals surface area (Å²) in [4.78, 5) is 16.8. The average Bonchev–Trinajstić information content (AvgIpc) is 2.13. The first kappa shape index (κ1) is 11.8. The van der Waals surface area contributed by atoms with Crippen molar-refractivity contribution in [2.75, 3.05) is 0 Å². The lowest BCUT2D eigenvalue weighted by Gasteiger charge is -2.14. The van der Waals surface area contributed by atoms with Crippen LogP contribution in [-0.4, -0.2) is 23.1 Å². The predicted molar refractivity (Wildman–Crippen MR) is 37.8 cm³/mol. The zero-order valence-electron chi connectivity index (χ0n) is 7.10. The maximum absolute atomic E-state index is 8.18. The number of hydrogen-bond donors (Lipinski definition) is 2. The monoisotopic (exact) mass is 182 g/mol. The molecule has 0 aromatic heterocycles. The number of rotatable bonds is 7. The molecule has 0 bridgehead atoms. The Hall–Kier alpha value is -0.240. The van der Waals surface area contributed by atoms with Crippen molar-refractivity contribution >= 4 is 0 Å². The SMILES string of the molecule is CCC(OO)OOC(CC)OO. The third-order valence-electron chi connectivity index (χ3n) is 1.17. The van der Waals surface area contributed by atoms with Gasteiger partial charge in [0.1, 0.15) is 0 Å². The number of hydrogen-bond acceptors (Lipinski definition) is 6. The van der Waals surface area contributed by atoms with E-state index in [9.17, 15) is 0 Å². The molecule has 2 N–H and O–H groups in total. The van der Waals surface area contributed by atoms with Crippen LogP contribution in [0.5, 0.6) is 0 Å². The minimum absolute atomic E-state index is 0.415. The van der Waals surface area contributed by atoms with Gasteiger partial charge in [0, 0.05) is 12.8 Å². The van der Waals surface area contributed by atoms with Gasteiger partial charge in [-0.25, -0.2) is 20.3 Å². The van der Waals surface area contributed by atoms with Crippen molar-refractivity contribution in [3.63, 3.8) is 0 Å². The first-order valence-electron chi connectivity index (χ1n) is 3.71. The van der Waals surface area contributed by atoms with Crippen LogP contribution in [-0.2, 0) is 19.6 Å². The molecule has 6 nitrogen and oxygen atoms in total. The average molecular weight is 182 g/mol. The van der Waals surface area contributed by atoms with Crippen molar-refractivity contribution in [3.05, 3.63) is 0 Å². The summed E-state index contributed by atoms with van der Waals surface area (Å²) in [5.41, 5.74) is 0. The molecule has 0 spiro atoms. The highest BCUT2D eigenvalue weighted by molar-refractivity contribution is 4.32. The Balaban J connectivity index is 3.49. The van der Waals surface area contributed by atoms with Crippen LogP contribution < -0.4 is 0 Å². The minimum Gasteiger partial charge on any atom is -0.249 e. The molecule has 0 aliphatic rings. The van der Waals surface area contributed by atoms with E-state index < -0.39 is 12.6 Å². The Kier molecular flexibility index (Phi) is 7.26. The molecule has 0 fully saturated rings. The minimum atomic E-state index is -0.866. The molecule has 2 unspecified atom stereocenters. The van der Waals surface area contributed by atoms with E-state index in [0.717, 1.165) is 0 Å². The summed E-state index contributed by atoms with van der Waals surface area (Å²) in [5, 5.41) is 16.4. The van der Waals surface area contributed by atoms with E-state index in [2.05, 4.69) is 19.6 Å². The third-order valence-corrected chi connectivity index (χ3v) is 1.17. The van der Waals surface area contributed by atoms with Crippen molar-refractivity contribution in [2.24, 2.45) is 0 Å². The molecular weight excluding hydrogens is 168 g/mol. The highest BCUT2D eigenvalue weighted by Gasteiger charge is 2.12. The summed E-state index contributed by atoms with van der Waals surface area (Å²) in [6.07, 6.45) is -0.903. The molecule has 74 valence electrons. The summed E-state index contributed by atoms with van der Waals surface area (Å²) in [5.74, 6) is 0. The smallest absolute Gasteiger partial charge is 0.224 e. The topological polar surface area (TPSA) is 77.4 Å². The summed E-state index contributed by atoms with van der Waals surface area (Å²) < 4.78 is 0. The van der Waals surface area contributed by atoms with Gasteiger partial charge in [-0.15, -0.1) is 0 Å². The van der Waals surface area contributed by atoms with Gasteiger partial charge in [-0.3, -0.25) is 0 Å². The highest BCUT2D eigenvalue weighted by atomic mass is 17.3. The fourth-order valence-corrected chi connectivity index (χ4v) is 0.444. The zero-order valence-corrected chi connectivity index (χ0v) is 7.10. The van der Waals surface area contributed by atoms with Gasteiger partial charge in [-0.05, 0) is 0 Å². The Morgan fingerprint density at radius 2 is 1.25 bits per heavy atom. The Morgan fingerprint density at radius 3 is 1.42 bits per heavy atom. The fourth-order valence-electron chi connectivity index (χ4n) is 0.444. The first-order valence-corrected chi connectivity index (χ1v) is 3.71. The zero-order chi connectivity index (χ0) is 9.40. The lowest BCUT2D eigenvalue weighted by atomic mass is 10.5. The highest BCUT2D eigenvalue weighted by Crippen LogP contribution is 2.04. The summed E-state index contributed by atoms with van der Waals surface area (Å²) in [6.45, 7) is 3.45. The molecule has 0 saturated heterocycles. The van der Waals surface area contributed by atoms with Crippen LogP contribution in [0.4, 0.5) is 0 Å². The molecular formula is C6H14O6. The summed E-state index contributed by atoms with van der Waals surface area (Å²) in [6, 6.07) is 0. The van der Waals surface area contributed by atoms with Crippen molar-refractivity contribution in [1.29, 1.82) is 0 Å². The lowest BCUT2D eigenvalue weighted by molar-refractivity contribution is -0.508. The van der Waals surface area contributed by atoms with E-state index in [-0.39, 0.29) is 0 Å². The van der Waals surface area contributed by atoms with E-state index >= 15 is 0 Å². The molecule has 0 rings (SSSR count). The van der Waals surface area contributed by atoms with Crippen LogP contribution in [0.2, 0.25) is 0 Å². The van der Waals surface area contributed by atoms with Gasteiger partial charge in [-0.2, -0.15) is 9.78 Å². The second-order valence-corrected chi connectivity index (χ2v) is 2.08. The van der Waals surface area contributed by atoms with Gasteiger partial charge in [-0.1, -0.05) is 13.8 Å². The quantitative estimate of drug-likeness (QED) is 0.352. The summed E-state index contributed by atoms with van der Waals surface area (Å²) >= 11 is 0. The normalized spacial score (nSPS) is 16.0. The molecule has 2 atom stereocenters. The van der Waals surface area contributed by atoms with Crippen molar-refractivity contribution in [1.82, 2.24) is 0 Å². The van der Waals surface area contributed by atoms with Crippen LogP contribution >= 0.6 is 0 Å². The van der Waals surface area contributed by atoms with Gasteiger partial charge in [0.2, 0.25) is 12.6 Å². The summed E-state index contributed by atoms with van der Waals surface area (Å²) in [7, 11) is 0. The van der Waals surface area contributed by atoms with Crippen molar-refractivity contribution in [3.8, 4) is 0 Å². The van der Waals surface area contributed by atoms with E-state index in [1.807, 2.05) is 0 Å². The molecule has 0 aliphatic heterocycles. The Labute approximate surface area is 70.4 Å². The van der Waals surface area contributed by atoms with Gasteiger partial charge >= 0.3 is 0 Å². The second kappa shape index (κ2) is 7.41. The van der Waals surface area contributed by atoms with Crippen molar-refractivity contribution < 1.29 is 30.1 Å². The Bertz CT molecular complexity index is 78.0. The van der Waals surface area contributed by atoms with Crippen LogP contribution in [0.15, 0.2) is 0 Å². The molecule has 0 aliphatic carbocycles. The van der Waals surface area contributed by atoms with Gasteiger partial charge < -0.3 is 0 Å². The maximum atomic E-state index is 8.18. The third kappa shape index (κ3) is 4.60. The predicted octanol–water partition coefficient (Wildman–Crippen LogP) is 1.39. The largest absolute Gasteiger partial charge is 0.249 e. The molecule has 6 heteroatoms. The molecule has 0 amide bonds. The second-order valence-electron chi connectivity index (χ2n) is 2.08. The van der Waals surface area contributed by atoms with Crippen LogP contribution in [0.25, 0.3) is 0 Å². The van der Waals surface area contributed by atoms with Gasteiger partial charge in [0.25, 0.3) is 0 Å². The van der Waals surface area contributed by atoms with Crippen LogP contribution in [0.1, 0.15) is 26.7 Å². The van der Waals surface area contributed by atoms with Crippen molar-refractivity contribution in [2.45, 2.75) is 39.3 Å². The molecule has 12 heavy (non-hydrogen) atoms. The first-order chi connectivity index (χ1) is 5.78. The van der Waals surface area contributed by atoms with Crippen LogP contribution in [0, 0.1) is 0 Å². The van der Waals surface area contributed by atoms with Crippen LogP contribution in [0.3, 0.4) is 0 Å². The van der Waals surface area contributed by atoms with E-state index in [4.69, 9.17) is 10.5 Å². The fraction of sp³-hybridized carbons (Fsp3) is 1.00. The maximum Gasteiger partial charge on any atom is 0.224 e. The molecule has 0 saturated carbocycles. The molecule has 0 aromatic rings. The lowest BCUT2D eigenvalue weighted by Crippen LogP contribution is -2.21. The molecule has 0 aromatic carbocycles. The van der Waals surface area contributed by atoms with Gasteiger partial charge in [0.15, 0.2) is 0 Å². The van der Waals surface area contributed by atoms with E-state index in [1.165, 1.54) is 0 Å². The van der Waals surface area contributed by atoms with Gasteiger partial charge in [0.05, 0.1) is 0 Å². The molecule has 0 radical (unpaired) electrons. The van der Waals surface area contributed by atoms with E-state index in [0.29, 0.717) is 12.8 Å².